The van der Waals surface area contributed by atoms with Crippen molar-refractivity contribution in [3.05, 3.63) is 24.3 Å². The Hall–Kier alpha value is -1.11. The standard InChI is InChI=1S/C19H32N2O7S.C2H6/c20-28-29-17-27-19-4-2-1-3-18(19)21-5-7-22-9-11-24-13-15-26-16-14-25-12-10-23-8-6-21;1-2/h1-4H,5-17,20H2;1-2H3. The highest BCUT2D eigenvalue weighted by atomic mass is 32.2. The van der Waals surface area contributed by atoms with Crippen molar-refractivity contribution in [1.82, 2.24) is 0 Å². The molecule has 1 aliphatic rings. The Balaban J connectivity index is 0.00000233. The zero-order valence-corrected chi connectivity index (χ0v) is 19.6. The highest BCUT2D eigenvalue weighted by Gasteiger charge is 2.12. The van der Waals surface area contributed by atoms with Crippen molar-refractivity contribution < 1.29 is 32.7 Å². The van der Waals surface area contributed by atoms with Crippen molar-refractivity contribution in [2.45, 2.75) is 13.8 Å². The van der Waals surface area contributed by atoms with Crippen molar-refractivity contribution in [3.63, 3.8) is 0 Å². The van der Waals surface area contributed by atoms with Crippen LogP contribution in [-0.4, -0.2) is 85.1 Å². The fourth-order valence-electron chi connectivity index (χ4n) is 2.64. The zero-order valence-electron chi connectivity index (χ0n) is 18.8. The third-order valence-corrected chi connectivity index (χ3v) is 4.39. The molecule has 0 spiro atoms. The van der Waals surface area contributed by atoms with E-state index in [0.29, 0.717) is 85.1 Å². The van der Waals surface area contributed by atoms with Gasteiger partial charge in [0.05, 0.1) is 83.8 Å². The molecule has 0 amide bonds. The molecule has 2 N–H and O–H groups in total. The highest BCUT2D eigenvalue weighted by Crippen LogP contribution is 2.28. The molecule has 31 heavy (non-hydrogen) atoms. The lowest BCUT2D eigenvalue weighted by Crippen LogP contribution is -2.32. The van der Waals surface area contributed by atoms with Gasteiger partial charge in [0.1, 0.15) is 5.75 Å². The van der Waals surface area contributed by atoms with Gasteiger partial charge in [0.25, 0.3) is 0 Å². The molecule has 1 aliphatic heterocycles. The van der Waals surface area contributed by atoms with E-state index in [1.807, 2.05) is 38.1 Å². The van der Waals surface area contributed by atoms with E-state index in [-0.39, 0.29) is 0 Å². The van der Waals surface area contributed by atoms with E-state index in [0.717, 1.165) is 23.5 Å². The predicted octanol–water partition coefficient (Wildman–Crippen LogP) is 2.49. The molecule has 1 heterocycles. The van der Waals surface area contributed by atoms with Crippen LogP contribution >= 0.6 is 12.0 Å². The molecular formula is C21H38N2O7S. The van der Waals surface area contributed by atoms with Crippen LogP contribution in [0.15, 0.2) is 24.3 Å². The van der Waals surface area contributed by atoms with E-state index in [1.165, 1.54) is 0 Å². The molecule has 0 aliphatic carbocycles. The van der Waals surface area contributed by atoms with Gasteiger partial charge >= 0.3 is 0 Å². The molecule has 1 aromatic rings. The van der Waals surface area contributed by atoms with Crippen LogP contribution in [0.5, 0.6) is 5.75 Å². The summed E-state index contributed by atoms with van der Waals surface area (Å²) >= 11 is 1.04. The molecule has 10 heteroatoms. The molecule has 0 bridgehead atoms. The summed E-state index contributed by atoms with van der Waals surface area (Å²) in [6.45, 7) is 10.9. The summed E-state index contributed by atoms with van der Waals surface area (Å²) in [7, 11) is 0. The maximum Gasteiger partial charge on any atom is 0.161 e. The second-order valence-electron chi connectivity index (χ2n) is 5.99. The second kappa shape index (κ2) is 20.8. The Kier molecular flexibility index (Phi) is 18.7. The number of para-hydroxylation sites is 2. The van der Waals surface area contributed by atoms with Gasteiger partial charge in [-0.05, 0) is 12.1 Å². The van der Waals surface area contributed by atoms with Crippen LogP contribution in [0.1, 0.15) is 13.8 Å². The third kappa shape index (κ3) is 13.8. The van der Waals surface area contributed by atoms with Crippen molar-refractivity contribution >= 4 is 17.7 Å². The minimum absolute atomic E-state index is 0.298. The predicted molar refractivity (Wildman–Crippen MR) is 122 cm³/mol. The van der Waals surface area contributed by atoms with E-state index in [9.17, 15) is 0 Å². The van der Waals surface area contributed by atoms with E-state index in [2.05, 4.69) is 9.18 Å². The summed E-state index contributed by atoms with van der Waals surface area (Å²) in [6, 6.07) is 7.84. The van der Waals surface area contributed by atoms with Crippen molar-refractivity contribution in [3.8, 4) is 5.75 Å². The lowest BCUT2D eigenvalue weighted by atomic mass is 10.2. The first kappa shape index (κ1) is 27.9. The summed E-state index contributed by atoms with van der Waals surface area (Å²) in [5, 5.41) is 0. The molecule has 0 unspecified atom stereocenters. The fourth-order valence-corrected chi connectivity index (χ4v) is 2.87. The quantitative estimate of drug-likeness (QED) is 0.304. The Bertz CT molecular complexity index is 510. The lowest BCUT2D eigenvalue weighted by molar-refractivity contribution is -0.0116. The van der Waals surface area contributed by atoms with Crippen LogP contribution in [0.2, 0.25) is 0 Å². The van der Waals surface area contributed by atoms with Gasteiger partial charge in [-0.3, -0.25) is 0 Å². The SMILES string of the molecule is CC.NOSCOc1ccccc1N1CCOCCOCCOCCOCCOCC1. The average Bonchev–Trinajstić information content (AvgIpc) is 2.81. The average molecular weight is 463 g/mol. The first-order chi connectivity index (χ1) is 15.4. The minimum atomic E-state index is 0.298. The van der Waals surface area contributed by atoms with Crippen LogP contribution in [0.25, 0.3) is 0 Å². The molecular weight excluding hydrogens is 424 g/mol. The number of ether oxygens (including phenoxy) is 6. The molecule has 180 valence electrons. The molecule has 1 saturated heterocycles. The van der Waals surface area contributed by atoms with Crippen LogP contribution in [0.3, 0.4) is 0 Å². The van der Waals surface area contributed by atoms with Crippen LogP contribution < -0.4 is 15.5 Å². The highest BCUT2D eigenvalue weighted by molar-refractivity contribution is 7.94. The van der Waals surface area contributed by atoms with E-state index in [1.54, 1.807) is 0 Å². The van der Waals surface area contributed by atoms with Crippen molar-refractivity contribution in [2.24, 2.45) is 5.90 Å². The van der Waals surface area contributed by atoms with E-state index < -0.39 is 0 Å². The molecule has 0 radical (unpaired) electrons. The number of benzene rings is 1. The summed E-state index contributed by atoms with van der Waals surface area (Å²) in [5.41, 5.74) is 0.969. The molecule has 1 aromatic carbocycles. The Labute approximate surface area is 190 Å². The summed E-state index contributed by atoms with van der Waals surface area (Å²) < 4.78 is 38.1. The van der Waals surface area contributed by atoms with Crippen molar-refractivity contribution in [2.75, 3.05) is 90.0 Å². The number of nitrogens with two attached hydrogens (primary N) is 1. The largest absolute Gasteiger partial charge is 0.478 e. The number of rotatable bonds is 5. The first-order valence-corrected chi connectivity index (χ1v) is 11.7. The van der Waals surface area contributed by atoms with Gasteiger partial charge in [-0.15, -0.1) is 0 Å². The molecule has 9 nitrogen and oxygen atoms in total. The van der Waals surface area contributed by atoms with Crippen LogP contribution in [0.4, 0.5) is 5.69 Å². The maximum absolute atomic E-state index is 5.78. The lowest BCUT2D eigenvalue weighted by Gasteiger charge is -2.26. The van der Waals surface area contributed by atoms with Gasteiger partial charge in [-0.2, -0.15) is 0 Å². The maximum atomic E-state index is 5.78. The van der Waals surface area contributed by atoms with Gasteiger partial charge in [0, 0.05) is 13.1 Å². The zero-order chi connectivity index (χ0) is 22.4. The Morgan fingerprint density at radius 3 is 1.71 bits per heavy atom. The minimum Gasteiger partial charge on any atom is -0.478 e. The smallest absolute Gasteiger partial charge is 0.161 e. The van der Waals surface area contributed by atoms with Gasteiger partial charge in [0.2, 0.25) is 0 Å². The number of hydrogen-bond donors (Lipinski definition) is 1. The third-order valence-electron chi connectivity index (χ3n) is 4.04. The van der Waals surface area contributed by atoms with E-state index in [4.69, 9.17) is 34.3 Å². The molecule has 0 aromatic heterocycles. The second-order valence-corrected chi connectivity index (χ2v) is 6.66. The molecule has 0 saturated carbocycles. The van der Waals surface area contributed by atoms with Crippen LogP contribution in [-0.2, 0) is 28.0 Å². The topological polar surface area (TPSA) is 93.9 Å². The molecule has 2 rings (SSSR count). The van der Waals surface area contributed by atoms with Gasteiger partial charge < -0.3 is 33.3 Å². The first-order valence-electron chi connectivity index (χ1n) is 10.8. The number of nitrogens with zero attached hydrogens (tertiary/aromatic N) is 1. The molecule has 0 atom stereocenters. The van der Waals surface area contributed by atoms with Crippen LogP contribution in [0, 0.1) is 0 Å². The normalized spacial score (nSPS) is 18.2. The van der Waals surface area contributed by atoms with Gasteiger partial charge in [-0.1, -0.05) is 26.0 Å². The van der Waals surface area contributed by atoms with Crippen molar-refractivity contribution in [1.29, 1.82) is 0 Å². The Morgan fingerprint density at radius 1 is 0.774 bits per heavy atom. The summed E-state index contributed by atoms with van der Waals surface area (Å²) in [6.07, 6.45) is 0. The van der Waals surface area contributed by atoms with Gasteiger partial charge in [0.15, 0.2) is 5.94 Å². The number of hydrogen-bond acceptors (Lipinski definition) is 10. The fraction of sp³-hybridized carbons (Fsp3) is 0.714. The Morgan fingerprint density at radius 2 is 1.23 bits per heavy atom. The summed E-state index contributed by atoms with van der Waals surface area (Å²) in [5.74, 6) is 6.10. The molecule has 1 fully saturated rings. The summed E-state index contributed by atoms with van der Waals surface area (Å²) in [4.78, 5) is 2.18. The van der Waals surface area contributed by atoms with Gasteiger partial charge in [-0.25, -0.2) is 10.2 Å². The number of anilines is 1. The van der Waals surface area contributed by atoms with E-state index >= 15 is 0 Å². The monoisotopic (exact) mass is 462 g/mol.